The molecule has 1 atom stereocenters. The van der Waals surface area contributed by atoms with Crippen molar-refractivity contribution in [3.05, 3.63) is 74.9 Å². The molecule has 0 radical (unpaired) electrons. The molecule has 1 amide bonds. The van der Waals surface area contributed by atoms with Crippen molar-refractivity contribution in [1.29, 1.82) is 0 Å². The van der Waals surface area contributed by atoms with Gasteiger partial charge in [-0.25, -0.2) is 4.68 Å². The first-order valence-corrected chi connectivity index (χ1v) is 12.6. The maximum absolute atomic E-state index is 12.4. The first kappa shape index (κ1) is 24.4. The number of benzene rings is 2. The number of thioether (sulfide) groups is 1. The Morgan fingerprint density at radius 2 is 1.97 bits per heavy atom. The lowest BCUT2D eigenvalue weighted by Gasteiger charge is -2.27. The minimum absolute atomic E-state index is 0.348. The summed E-state index contributed by atoms with van der Waals surface area (Å²) in [7, 11) is 0. The summed E-state index contributed by atoms with van der Waals surface area (Å²) in [4.78, 5) is 17.0. The van der Waals surface area contributed by atoms with Gasteiger partial charge in [-0.1, -0.05) is 66.5 Å². The Balaban J connectivity index is 1.57. The molecule has 0 bridgehead atoms. The van der Waals surface area contributed by atoms with Gasteiger partial charge in [0, 0.05) is 11.4 Å². The van der Waals surface area contributed by atoms with Crippen LogP contribution in [0, 0.1) is 0 Å². The molecule has 7 nitrogen and oxygen atoms in total. The second-order valence-electron chi connectivity index (χ2n) is 7.90. The number of primary amides is 1. The zero-order valence-corrected chi connectivity index (χ0v) is 21.2. The number of halogens is 2. The van der Waals surface area contributed by atoms with Crippen LogP contribution >= 0.6 is 35.0 Å². The van der Waals surface area contributed by atoms with Gasteiger partial charge in [-0.05, 0) is 48.7 Å². The van der Waals surface area contributed by atoms with Crippen molar-refractivity contribution in [1.82, 2.24) is 14.8 Å². The standard InChI is InChI=1S/C24H25Cl2N5O2S/c1-3-4-11-34-24-29-23-28-14(2)20(22(27)32)21(31(23)30-24)16-6-8-17(9-7-16)33-13-15-5-10-18(25)19(26)12-15/h5-10,12,21H,3-4,11,13H2,1-2H3,(H2,27,32)(H,28,29,30). The number of nitrogens with one attached hydrogen (secondary N) is 1. The molecule has 1 unspecified atom stereocenters. The minimum Gasteiger partial charge on any atom is -0.489 e. The summed E-state index contributed by atoms with van der Waals surface area (Å²) in [6.45, 7) is 4.32. The van der Waals surface area contributed by atoms with E-state index in [0.717, 1.165) is 29.7 Å². The number of anilines is 1. The second-order valence-corrected chi connectivity index (χ2v) is 9.78. The molecule has 2 aromatic carbocycles. The number of aromatic nitrogens is 3. The maximum Gasteiger partial charge on any atom is 0.248 e. The summed E-state index contributed by atoms with van der Waals surface area (Å²) < 4.78 is 7.63. The van der Waals surface area contributed by atoms with Crippen LogP contribution in [0.5, 0.6) is 5.75 Å². The summed E-state index contributed by atoms with van der Waals surface area (Å²) in [6, 6.07) is 12.4. The second kappa shape index (κ2) is 10.7. The molecular weight excluding hydrogens is 493 g/mol. The van der Waals surface area contributed by atoms with Crippen molar-refractivity contribution >= 4 is 46.8 Å². The minimum atomic E-state index is -0.503. The van der Waals surface area contributed by atoms with Crippen molar-refractivity contribution in [2.75, 3.05) is 11.1 Å². The van der Waals surface area contributed by atoms with Crippen molar-refractivity contribution in [2.45, 2.75) is 44.5 Å². The van der Waals surface area contributed by atoms with E-state index in [9.17, 15) is 4.79 Å². The summed E-state index contributed by atoms with van der Waals surface area (Å²) in [5, 5.41) is 9.50. The number of nitrogens with two attached hydrogens (primary N) is 1. The van der Waals surface area contributed by atoms with Crippen LogP contribution in [0.3, 0.4) is 0 Å². The molecule has 3 N–H and O–H groups in total. The highest BCUT2D eigenvalue weighted by Gasteiger charge is 2.33. The zero-order valence-electron chi connectivity index (χ0n) is 18.8. The van der Waals surface area contributed by atoms with Gasteiger partial charge in [-0.2, -0.15) is 4.98 Å². The van der Waals surface area contributed by atoms with Crippen LogP contribution in [-0.2, 0) is 11.4 Å². The molecule has 1 aliphatic rings. The molecule has 0 saturated heterocycles. The molecule has 0 saturated carbocycles. The van der Waals surface area contributed by atoms with Crippen molar-refractivity contribution in [2.24, 2.45) is 5.73 Å². The van der Waals surface area contributed by atoms with Crippen molar-refractivity contribution in [3.8, 4) is 5.75 Å². The van der Waals surface area contributed by atoms with Crippen LogP contribution in [0.1, 0.15) is 43.9 Å². The van der Waals surface area contributed by atoms with E-state index in [1.165, 1.54) is 0 Å². The molecular formula is C24H25Cl2N5O2S. The van der Waals surface area contributed by atoms with Gasteiger partial charge in [0.25, 0.3) is 0 Å². The van der Waals surface area contributed by atoms with E-state index in [1.54, 1.807) is 28.6 Å². The molecule has 0 fully saturated rings. The number of allylic oxidation sites excluding steroid dienone is 1. The number of unbranched alkanes of at least 4 members (excludes halogenated alkanes) is 1. The summed E-state index contributed by atoms with van der Waals surface area (Å²) in [6.07, 6.45) is 2.19. The van der Waals surface area contributed by atoms with Gasteiger partial charge < -0.3 is 15.8 Å². The number of ether oxygens (including phenoxy) is 1. The number of carbonyl (C=O) groups is 1. The Hall–Kier alpha value is -2.68. The molecule has 3 aromatic rings. The van der Waals surface area contributed by atoms with Gasteiger partial charge in [0.15, 0.2) is 0 Å². The van der Waals surface area contributed by atoms with Gasteiger partial charge in [-0.3, -0.25) is 4.79 Å². The van der Waals surface area contributed by atoms with E-state index in [2.05, 4.69) is 22.3 Å². The van der Waals surface area contributed by atoms with Crippen LogP contribution < -0.4 is 15.8 Å². The third-order valence-corrected chi connectivity index (χ3v) is 7.08. The molecule has 10 heteroatoms. The maximum atomic E-state index is 12.4. The topological polar surface area (TPSA) is 95.1 Å². The van der Waals surface area contributed by atoms with E-state index < -0.39 is 11.9 Å². The number of fused-ring (bicyclic) bond motifs is 1. The molecule has 0 spiro atoms. The quantitative estimate of drug-likeness (QED) is 0.273. The first-order valence-electron chi connectivity index (χ1n) is 10.9. The Labute approximate surface area is 212 Å². The van der Waals surface area contributed by atoms with Crippen LogP contribution in [0.4, 0.5) is 5.95 Å². The number of hydrogen-bond donors (Lipinski definition) is 2. The van der Waals surface area contributed by atoms with Crippen LogP contribution in [0.15, 0.2) is 58.9 Å². The number of nitrogens with zero attached hydrogens (tertiary/aromatic N) is 3. The lowest BCUT2D eigenvalue weighted by molar-refractivity contribution is -0.115. The smallest absolute Gasteiger partial charge is 0.248 e. The van der Waals surface area contributed by atoms with Crippen molar-refractivity contribution < 1.29 is 9.53 Å². The molecule has 4 rings (SSSR count). The predicted octanol–water partition coefficient (Wildman–Crippen LogP) is 5.83. The van der Waals surface area contributed by atoms with Gasteiger partial charge in [0.05, 0.1) is 15.6 Å². The largest absolute Gasteiger partial charge is 0.489 e. The number of rotatable bonds is 9. The fourth-order valence-corrected chi connectivity index (χ4v) is 4.90. The van der Waals surface area contributed by atoms with E-state index in [-0.39, 0.29) is 0 Å². The SMILES string of the molecule is CCCCSc1nc2n(n1)C(c1ccc(OCc3ccc(Cl)c(Cl)c3)cc1)C(C(N)=O)=C(C)N2. The third kappa shape index (κ3) is 5.35. The summed E-state index contributed by atoms with van der Waals surface area (Å²) in [5.41, 5.74) is 8.65. The fourth-order valence-electron chi connectivity index (χ4n) is 3.67. The van der Waals surface area contributed by atoms with E-state index in [0.29, 0.717) is 44.8 Å². The molecule has 2 heterocycles. The van der Waals surface area contributed by atoms with Gasteiger partial charge >= 0.3 is 0 Å². The Kier molecular flexibility index (Phi) is 7.70. The monoisotopic (exact) mass is 517 g/mol. The van der Waals surface area contributed by atoms with E-state index >= 15 is 0 Å². The van der Waals surface area contributed by atoms with E-state index in [1.807, 2.05) is 37.3 Å². The van der Waals surface area contributed by atoms with Crippen molar-refractivity contribution in [3.63, 3.8) is 0 Å². The number of carbonyl (C=O) groups excluding carboxylic acids is 1. The van der Waals surface area contributed by atoms with Gasteiger partial charge in [0.2, 0.25) is 17.0 Å². The number of hydrogen-bond acceptors (Lipinski definition) is 6. The number of amides is 1. The summed E-state index contributed by atoms with van der Waals surface area (Å²) >= 11 is 13.7. The molecule has 34 heavy (non-hydrogen) atoms. The molecule has 1 aliphatic heterocycles. The van der Waals surface area contributed by atoms with Gasteiger partial charge in [0.1, 0.15) is 18.4 Å². The average Bonchev–Trinajstić information content (AvgIpc) is 3.21. The Morgan fingerprint density at radius 1 is 1.21 bits per heavy atom. The van der Waals surface area contributed by atoms with E-state index in [4.69, 9.17) is 33.7 Å². The lowest BCUT2D eigenvalue weighted by Crippen LogP contribution is -2.31. The van der Waals surface area contributed by atoms with Crippen LogP contribution in [-0.4, -0.2) is 26.4 Å². The predicted molar refractivity (Wildman–Crippen MR) is 137 cm³/mol. The Bertz CT molecular complexity index is 1230. The third-order valence-electron chi connectivity index (χ3n) is 5.41. The highest BCUT2D eigenvalue weighted by molar-refractivity contribution is 7.99. The summed E-state index contributed by atoms with van der Waals surface area (Å²) in [5.74, 6) is 1.70. The molecule has 178 valence electrons. The fraction of sp³-hybridized carbons (Fsp3) is 0.292. The highest BCUT2D eigenvalue weighted by atomic mass is 35.5. The highest BCUT2D eigenvalue weighted by Crippen LogP contribution is 2.36. The first-order chi connectivity index (χ1) is 16.4. The molecule has 1 aromatic heterocycles. The van der Waals surface area contributed by atoms with Gasteiger partial charge in [-0.15, -0.1) is 5.10 Å². The molecule has 0 aliphatic carbocycles. The van der Waals surface area contributed by atoms with Crippen LogP contribution in [0.2, 0.25) is 10.0 Å². The van der Waals surface area contributed by atoms with Crippen LogP contribution in [0.25, 0.3) is 0 Å². The zero-order chi connectivity index (χ0) is 24.2. The average molecular weight is 518 g/mol. The lowest BCUT2D eigenvalue weighted by atomic mass is 9.95. The Morgan fingerprint density at radius 3 is 2.65 bits per heavy atom. The normalized spacial score (nSPS) is 15.1.